The third-order valence-corrected chi connectivity index (χ3v) is 2.24. The Morgan fingerprint density at radius 2 is 1.38 bits per heavy atom. The minimum absolute atomic E-state index is 0. The number of hydrogen-bond donors (Lipinski definition) is 0. The predicted octanol–water partition coefficient (Wildman–Crippen LogP) is 3.98. The zero-order valence-corrected chi connectivity index (χ0v) is 12.3. The molecule has 0 amide bonds. The fraction of sp³-hybridized carbons (Fsp3) is 0.556. The second-order valence-electron chi connectivity index (χ2n) is 2.80. The van der Waals surface area contributed by atoms with Gasteiger partial charge in [-0.05, 0) is 0 Å². The van der Waals surface area contributed by atoms with Gasteiger partial charge in [0.25, 0.3) is 0 Å². The molecule has 0 aromatic heterocycles. The average Bonchev–Trinajstić information content (AvgIpc) is 1.98. The summed E-state index contributed by atoms with van der Waals surface area (Å²) in [6, 6.07) is 0. The summed E-state index contributed by atoms with van der Waals surface area (Å²) in [6.07, 6.45) is 3.36. The number of halogens is 3. The van der Waals surface area contributed by atoms with Gasteiger partial charge in [0, 0.05) is 21.7 Å². The Balaban J connectivity index is -0.000000101. The van der Waals surface area contributed by atoms with Crippen LogP contribution in [0.4, 0.5) is 0 Å². The van der Waals surface area contributed by atoms with E-state index in [2.05, 4.69) is 33.8 Å². The largest absolute Gasteiger partial charge is 0.266 e. The standard InChI is InChI=1S/C9H13.3ClH.Ti/c1-6-5-7(2)9(4)8(6)3;;;;/h6H,1-4H3;3*1H;/q-1;;;;. The van der Waals surface area contributed by atoms with E-state index in [0.717, 1.165) is 0 Å². The maximum Gasteiger partial charge on any atom is 0 e. The van der Waals surface area contributed by atoms with E-state index in [4.69, 9.17) is 0 Å². The molecule has 0 saturated carbocycles. The van der Waals surface area contributed by atoms with Crippen molar-refractivity contribution in [2.45, 2.75) is 27.7 Å². The molecule has 0 nitrogen and oxygen atoms in total. The van der Waals surface area contributed by atoms with Crippen molar-refractivity contribution in [1.29, 1.82) is 0 Å². The van der Waals surface area contributed by atoms with E-state index in [1.54, 1.807) is 0 Å². The van der Waals surface area contributed by atoms with Crippen LogP contribution in [0.1, 0.15) is 27.7 Å². The third-order valence-electron chi connectivity index (χ3n) is 2.24. The molecule has 0 radical (unpaired) electrons. The van der Waals surface area contributed by atoms with Gasteiger partial charge in [0.2, 0.25) is 0 Å². The first kappa shape index (κ1) is 23.7. The van der Waals surface area contributed by atoms with E-state index in [0.29, 0.717) is 5.92 Å². The molecule has 1 unspecified atom stereocenters. The third kappa shape index (κ3) is 5.49. The summed E-state index contributed by atoms with van der Waals surface area (Å²) in [4.78, 5) is 0. The molecule has 1 atom stereocenters. The van der Waals surface area contributed by atoms with E-state index in [9.17, 15) is 0 Å². The molecule has 4 heteroatoms. The summed E-state index contributed by atoms with van der Waals surface area (Å²) in [5.74, 6) is 0.560. The van der Waals surface area contributed by atoms with Crippen LogP contribution in [0.2, 0.25) is 0 Å². The van der Waals surface area contributed by atoms with Crippen molar-refractivity contribution >= 4 is 37.2 Å². The van der Waals surface area contributed by atoms with Crippen molar-refractivity contribution in [3.63, 3.8) is 0 Å². The minimum Gasteiger partial charge on any atom is -0.266 e. The average molecular weight is 278 g/mol. The molecule has 13 heavy (non-hydrogen) atoms. The Labute approximate surface area is 115 Å². The molecular weight excluding hydrogens is 262 g/mol. The van der Waals surface area contributed by atoms with Crippen LogP contribution in [0.25, 0.3) is 0 Å². The first-order chi connectivity index (χ1) is 4.13. The molecule has 0 saturated heterocycles. The van der Waals surface area contributed by atoms with Crippen molar-refractivity contribution < 1.29 is 21.7 Å². The van der Waals surface area contributed by atoms with Crippen LogP contribution in [0, 0.1) is 12.0 Å². The quantitative estimate of drug-likeness (QED) is 0.464. The molecule has 0 aromatic rings. The van der Waals surface area contributed by atoms with Crippen LogP contribution in [-0.2, 0) is 21.7 Å². The molecule has 0 bridgehead atoms. The van der Waals surface area contributed by atoms with Crippen molar-refractivity contribution in [3.8, 4) is 0 Å². The van der Waals surface area contributed by atoms with Gasteiger partial charge in [0.1, 0.15) is 0 Å². The Morgan fingerprint density at radius 1 is 1.00 bits per heavy atom. The van der Waals surface area contributed by atoms with E-state index in [1.807, 2.05) is 0 Å². The smallest absolute Gasteiger partial charge is 0 e. The normalized spacial score (nSPS) is 18.8. The Kier molecular flexibility index (Phi) is 17.5. The predicted molar refractivity (Wildman–Crippen MR) is 61.7 cm³/mol. The first-order valence-electron chi connectivity index (χ1n) is 3.40. The summed E-state index contributed by atoms with van der Waals surface area (Å²) >= 11 is 0. The Hall–Kier alpha value is 1.06. The van der Waals surface area contributed by atoms with Crippen molar-refractivity contribution in [2.75, 3.05) is 0 Å². The Bertz CT molecular complexity index is 197. The Morgan fingerprint density at radius 3 is 1.46 bits per heavy atom. The van der Waals surface area contributed by atoms with E-state index >= 15 is 0 Å². The minimum atomic E-state index is 0. The van der Waals surface area contributed by atoms with E-state index < -0.39 is 0 Å². The molecule has 78 valence electrons. The molecule has 0 N–H and O–H groups in total. The molecule has 1 aliphatic rings. The number of hydrogen-bond acceptors (Lipinski definition) is 0. The SMILES string of the molecule is CC1=[C-]C(C)C(C)=C1C.Cl.Cl.Cl.[Ti]. The molecule has 0 heterocycles. The zero-order valence-electron chi connectivity index (χ0n) is 8.30. The molecule has 0 aromatic carbocycles. The fourth-order valence-electron chi connectivity index (χ4n) is 1.16. The van der Waals surface area contributed by atoms with Crippen molar-refractivity contribution in [2.24, 2.45) is 5.92 Å². The first-order valence-corrected chi connectivity index (χ1v) is 3.40. The van der Waals surface area contributed by atoms with Crippen LogP contribution in [0.15, 0.2) is 16.7 Å². The van der Waals surface area contributed by atoms with Crippen LogP contribution < -0.4 is 0 Å². The summed E-state index contributed by atoms with van der Waals surface area (Å²) in [5, 5.41) is 0. The maximum absolute atomic E-state index is 3.36. The molecule has 0 spiro atoms. The topological polar surface area (TPSA) is 0 Å². The monoisotopic (exact) mass is 277 g/mol. The van der Waals surface area contributed by atoms with Gasteiger partial charge in [-0.3, -0.25) is 6.08 Å². The van der Waals surface area contributed by atoms with Gasteiger partial charge in [0.15, 0.2) is 0 Å². The van der Waals surface area contributed by atoms with Crippen molar-refractivity contribution in [1.82, 2.24) is 0 Å². The van der Waals surface area contributed by atoms with Gasteiger partial charge in [-0.2, -0.15) is 11.1 Å². The second-order valence-corrected chi connectivity index (χ2v) is 2.80. The maximum atomic E-state index is 3.36. The van der Waals surface area contributed by atoms with Gasteiger partial charge < -0.3 is 0 Å². The fourth-order valence-corrected chi connectivity index (χ4v) is 1.16. The molecule has 1 aliphatic carbocycles. The van der Waals surface area contributed by atoms with Gasteiger partial charge >= 0.3 is 0 Å². The van der Waals surface area contributed by atoms with Crippen LogP contribution in [0.5, 0.6) is 0 Å². The van der Waals surface area contributed by atoms with Gasteiger partial charge in [-0.1, -0.05) is 26.7 Å². The van der Waals surface area contributed by atoms with Crippen LogP contribution >= 0.6 is 37.2 Å². The van der Waals surface area contributed by atoms with Gasteiger partial charge in [-0.25, -0.2) is 5.57 Å². The van der Waals surface area contributed by atoms with E-state index in [-0.39, 0.29) is 58.9 Å². The molecule has 0 aliphatic heterocycles. The zero-order chi connectivity index (χ0) is 7.02. The summed E-state index contributed by atoms with van der Waals surface area (Å²) < 4.78 is 0. The molecular formula is C9H16Cl3Ti-. The van der Waals surface area contributed by atoms with Crippen molar-refractivity contribution in [3.05, 3.63) is 22.8 Å². The molecule has 0 fully saturated rings. The van der Waals surface area contributed by atoms with Gasteiger partial charge in [0.05, 0.1) is 0 Å². The number of allylic oxidation sites excluding steroid dienone is 4. The van der Waals surface area contributed by atoms with Gasteiger partial charge in [-0.15, -0.1) is 44.1 Å². The summed E-state index contributed by atoms with van der Waals surface area (Å²) in [6.45, 7) is 8.67. The second kappa shape index (κ2) is 9.61. The summed E-state index contributed by atoms with van der Waals surface area (Å²) in [5.41, 5.74) is 4.25. The molecule has 1 rings (SSSR count). The van der Waals surface area contributed by atoms with E-state index in [1.165, 1.54) is 16.7 Å². The van der Waals surface area contributed by atoms with Crippen LogP contribution in [0.3, 0.4) is 0 Å². The van der Waals surface area contributed by atoms with Crippen LogP contribution in [-0.4, -0.2) is 0 Å². The number of rotatable bonds is 0. The summed E-state index contributed by atoms with van der Waals surface area (Å²) in [7, 11) is 0.